The number of nitrogens with zero attached hydrogens (tertiary/aromatic N) is 2. The maximum absolute atomic E-state index is 6.08. The average molecular weight is 290 g/mol. The van der Waals surface area contributed by atoms with Crippen LogP contribution in [0.5, 0.6) is 0 Å². The number of rotatable bonds is 3. The molecule has 0 unspecified atom stereocenters. The highest BCUT2D eigenvalue weighted by Crippen LogP contribution is 2.35. The summed E-state index contributed by atoms with van der Waals surface area (Å²) < 4.78 is 0. The van der Waals surface area contributed by atoms with Gasteiger partial charge in [-0.3, -0.25) is 4.98 Å². The molecule has 0 saturated heterocycles. The number of anilines is 1. The Morgan fingerprint density at radius 3 is 2.93 bits per heavy atom. The Hall–Kier alpha value is -0.280. The zero-order chi connectivity index (χ0) is 10.8. The third-order valence-corrected chi connectivity index (χ3v) is 3.91. The highest BCUT2D eigenvalue weighted by atomic mass is 79.9. The van der Waals surface area contributed by atoms with Gasteiger partial charge in [0.1, 0.15) is 0 Å². The third-order valence-electron chi connectivity index (χ3n) is 2.87. The largest absolute Gasteiger partial charge is 0.373 e. The highest BCUT2D eigenvalue weighted by molar-refractivity contribution is 9.09. The van der Waals surface area contributed by atoms with Crippen molar-refractivity contribution in [2.45, 2.75) is 17.7 Å². The molecule has 1 aliphatic carbocycles. The fraction of sp³-hybridized carbons (Fsp3) is 0.545. The van der Waals surface area contributed by atoms with Crippen LogP contribution in [0.4, 0.5) is 5.69 Å². The lowest BCUT2D eigenvalue weighted by Gasteiger charge is -2.35. The molecule has 0 aromatic carbocycles. The van der Waals surface area contributed by atoms with E-state index < -0.39 is 0 Å². The molecule has 1 heterocycles. The van der Waals surface area contributed by atoms with Crippen LogP contribution in [0, 0.1) is 5.92 Å². The Morgan fingerprint density at radius 2 is 2.33 bits per heavy atom. The van der Waals surface area contributed by atoms with Gasteiger partial charge in [0, 0.05) is 30.8 Å². The van der Waals surface area contributed by atoms with Gasteiger partial charge < -0.3 is 4.90 Å². The van der Waals surface area contributed by atoms with Crippen molar-refractivity contribution in [2.24, 2.45) is 5.92 Å². The summed E-state index contributed by atoms with van der Waals surface area (Å²) in [5.74, 6) is 0.795. The summed E-state index contributed by atoms with van der Waals surface area (Å²) >= 11 is 9.69. The molecule has 2 nitrogen and oxygen atoms in total. The predicted octanol–water partition coefficient (Wildman–Crippen LogP) is 3.34. The smallest absolute Gasteiger partial charge is 0.0822 e. The molecular formula is C11H14BrClN2. The summed E-state index contributed by atoms with van der Waals surface area (Å²) in [5, 5.41) is 0.731. The quantitative estimate of drug-likeness (QED) is 0.793. The van der Waals surface area contributed by atoms with Gasteiger partial charge >= 0.3 is 0 Å². The molecule has 0 amide bonds. The first-order valence-corrected chi connectivity index (χ1v) is 6.41. The van der Waals surface area contributed by atoms with Crippen molar-refractivity contribution in [3.05, 3.63) is 23.5 Å². The zero-order valence-electron chi connectivity index (χ0n) is 8.66. The van der Waals surface area contributed by atoms with Gasteiger partial charge in [0.2, 0.25) is 0 Å². The summed E-state index contributed by atoms with van der Waals surface area (Å²) in [7, 11) is 2.09. The van der Waals surface area contributed by atoms with Crippen molar-refractivity contribution >= 4 is 33.2 Å². The number of halogens is 2. The number of alkyl halides is 1. The van der Waals surface area contributed by atoms with E-state index in [1.165, 1.54) is 12.8 Å². The zero-order valence-corrected chi connectivity index (χ0v) is 11.0. The predicted molar refractivity (Wildman–Crippen MR) is 68.0 cm³/mol. The molecule has 0 atom stereocenters. The molecule has 0 N–H and O–H groups in total. The molecule has 0 bridgehead atoms. The molecule has 1 aromatic rings. The van der Waals surface area contributed by atoms with E-state index in [1.54, 1.807) is 12.4 Å². The van der Waals surface area contributed by atoms with Crippen molar-refractivity contribution in [1.82, 2.24) is 4.98 Å². The summed E-state index contributed by atoms with van der Waals surface area (Å²) in [6, 6.07) is 1.96. The van der Waals surface area contributed by atoms with E-state index >= 15 is 0 Å². The molecule has 1 aromatic heterocycles. The second-order valence-electron chi connectivity index (χ2n) is 4.14. The standard InChI is InChI=1S/C11H14BrClN2/c1-15(7-8-4-9(12)5-8)11-2-3-14-6-10(11)13/h2-3,6,8-9H,4-5,7H2,1H3. The summed E-state index contributed by atoms with van der Waals surface area (Å²) in [4.78, 5) is 6.93. The van der Waals surface area contributed by atoms with Crippen LogP contribution in [0.2, 0.25) is 5.02 Å². The number of hydrogen-bond donors (Lipinski definition) is 0. The van der Waals surface area contributed by atoms with Crippen LogP contribution in [0.25, 0.3) is 0 Å². The first-order chi connectivity index (χ1) is 7.16. The lowest BCUT2D eigenvalue weighted by Crippen LogP contribution is -2.34. The van der Waals surface area contributed by atoms with Gasteiger partial charge in [-0.15, -0.1) is 0 Å². The van der Waals surface area contributed by atoms with Gasteiger partial charge in [-0.25, -0.2) is 0 Å². The minimum atomic E-state index is 0.726. The Bertz CT molecular complexity index is 339. The fourth-order valence-corrected chi connectivity index (χ4v) is 3.29. The lowest BCUT2D eigenvalue weighted by molar-refractivity contribution is 0.339. The molecule has 4 heteroatoms. The SMILES string of the molecule is CN(CC1CC(Br)C1)c1ccncc1Cl. The van der Waals surface area contributed by atoms with Crippen LogP contribution in [0.15, 0.2) is 18.5 Å². The highest BCUT2D eigenvalue weighted by Gasteiger charge is 2.27. The minimum Gasteiger partial charge on any atom is -0.373 e. The molecule has 1 saturated carbocycles. The van der Waals surface area contributed by atoms with Crippen molar-refractivity contribution < 1.29 is 0 Å². The summed E-state index contributed by atoms with van der Waals surface area (Å²) in [6.07, 6.45) is 6.02. The van der Waals surface area contributed by atoms with Crippen LogP contribution >= 0.6 is 27.5 Å². The van der Waals surface area contributed by atoms with Crippen LogP contribution in [-0.2, 0) is 0 Å². The Labute approximate surface area is 104 Å². The molecule has 15 heavy (non-hydrogen) atoms. The molecule has 1 fully saturated rings. The van der Waals surface area contributed by atoms with Crippen molar-refractivity contribution in [3.8, 4) is 0 Å². The molecule has 0 aliphatic heterocycles. The van der Waals surface area contributed by atoms with Gasteiger partial charge in [0.25, 0.3) is 0 Å². The summed E-state index contributed by atoms with van der Waals surface area (Å²) in [5.41, 5.74) is 1.07. The first-order valence-electron chi connectivity index (χ1n) is 5.11. The van der Waals surface area contributed by atoms with Gasteiger partial charge in [-0.05, 0) is 24.8 Å². The van der Waals surface area contributed by atoms with Gasteiger partial charge in [-0.2, -0.15) is 0 Å². The summed E-state index contributed by atoms with van der Waals surface area (Å²) in [6.45, 7) is 1.08. The van der Waals surface area contributed by atoms with Crippen molar-refractivity contribution in [2.75, 3.05) is 18.5 Å². The van der Waals surface area contributed by atoms with E-state index in [9.17, 15) is 0 Å². The van der Waals surface area contributed by atoms with Gasteiger partial charge in [0.15, 0.2) is 0 Å². The van der Waals surface area contributed by atoms with Crippen molar-refractivity contribution in [1.29, 1.82) is 0 Å². The van der Waals surface area contributed by atoms with Crippen LogP contribution in [0.3, 0.4) is 0 Å². The van der Waals surface area contributed by atoms with E-state index in [0.717, 1.165) is 28.0 Å². The van der Waals surface area contributed by atoms with E-state index in [0.29, 0.717) is 0 Å². The average Bonchev–Trinajstić information content (AvgIpc) is 2.16. The van der Waals surface area contributed by atoms with Gasteiger partial charge in [0.05, 0.1) is 10.7 Å². The third kappa shape index (κ3) is 2.64. The van der Waals surface area contributed by atoms with E-state index in [4.69, 9.17) is 11.6 Å². The normalized spacial score (nSPS) is 24.7. The maximum atomic E-state index is 6.08. The van der Waals surface area contributed by atoms with E-state index in [2.05, 4.69) is 32.9 Å². The van der Waals surface area contributed by atoms with Gasteiger partial charge in [-0.1, -0.05) is 27.5 Å². The minimum absolute atomic E-state index is 0.726. The molecular weight excluding hydrogens is 275 g/mol. The first kappa shape index (κ1) is 11.2. The Kier molecular flexibility index (Phi) is 3.52. The van der Waals surface area contributed by atoms with Crippen LogP contribution < -0.4 is 4.90 Å². The van der Waals surface area contributed by atoms with Crippen molar-refractivity contribution in [3.63, 3.8) is 0 Å². The molecule has 82 valence electrons. The van der Waals surface area contributed by atoms with Crippen LogP contribution in [-0.4, -0.2) is 23.4 Å². The topological polar surface area (TPSA) is 16.1 Å². The number of pyridine rings is 1. The molecule has 0 radical (unpaired) electrons. The second-order valence-corrected chi connectivity index (χ2v) is 5.84. The second kappa shape index (κ2) is 4.71. The fourth-order valence-electron chi connectivity index (χ4n) is 1.97. The number of aromatic nitrogens is 1. The van der Waals surface area contributed by atoms with E-state index in [1.807, 2.05) is 6.07 Å². The lowest BCUT2D eigenvalue weighted by atomic mass is 9.85. The molecule has 2 rings (SSSR count). The molecule has 0 spiro atoms. The maximum Gasteiger partial charge on any atom is 0.0822 e. The molecule has 1 aliphatic rings. The monoisotopic (exact) mass is 288 g/mol. The Morgan fingerprint density at radius 1 is 1.60 bits per heavy atom. The van der Waals surface area contributed by atoms with E-state index in [-0.39, 0.29) is 0 Å². The van der Waals surface area contributed by atoms with Crippen LogP contribution in [0.1, 0.15) is 12.8 Å². The number of hydrogen-bond acceptors (Lipinski definition) is 2. The Balaban J connectivity index is 1.96.